The molecule has 1 amide bonds. The zero-order valence-electron chi connectivity index (χ0n) is 19.5. The summed E-state index contributed by atoms with van der Waals surface area (Å²) in [4.78, 5) is 31.2. The third-order valence-corrected chi connectivity index (χ3v) is 8.77. The van der Waals surface area contributed by atoms with Crippen molar-refractivity contribution in [2.75, 3.05) is 31.9 Å². The second-order valence-electron chi connectivity index (χ2n) is 9.70. The molecule has 0 radical (unpaired) electrons. The first-order chi connectivity index (χ1) is 17.9. The first-order valence-electron chi connectivity index (χ1n) is 12.0. The molecule has 0 aliphatic carbocycles. The van der Waals surface area contributed by atoms with Gasteiger partial charge in [0.1, 0.15) is 6.17 Å². The first kappa shape index (κ1) is 22.8. The number of hydrogen-bond donors (Lipinski definition) is 2. The van der Waals surface area contributed by atoms with E-state index in [1.165, 1.54) is 22.5 Å². The first-order valence-corrected chi connectivity index (χ1v) is 13.0. The van der Waals surface area contributed by atoms with Crippen LogP contribution in [-0.2, 0) is 16.9 Å². The molecule has 0 bridgehead atoms. The Morgan fingerprint density at radius 1 is 1.11 bits per heavy atom. The van der Waals surface area contributed by atoms with Crippen LogP contribution in [0.25, 0.3) is 11.3 Å². The van der Waals surface area contributed by atoms with E-state index in [9.17, 15) is 19.1 Å². The van der Waals surface area contributed by atoms with Crippen LogP contribution in [0.15, 0.2) is 46.1 Å². The van der Waals surface area contributed by atoms with Crippen LogP contribution in [0.3, 0.4) is 0 Å². The second kappa shape index (κ2) is 8.30. The van der Waals surface area contributed by atoms with Gasteiger partial charge in [-0.2, -0.15) is 0 Å². The summed E-state index contributed by atoms with van der Waals surface area (Å²) < 4.78 is 37.0. The van der Waals surface area contributed by atoms with Gasteiger partial charge in [0.2, 0.25) is 5.43 Å². The predicted molar refractivity (Wildman–Crippen MR) is 132 cm³/mol. The van der Waals surface area contributed by atoms with Gasteiger partial charge in [0, 0.05) is 40.9 Å². The van der Waals surface area contributed by atoms with Crippen molar-refractivity contribution in [1.29, 1.82) is 0 Å². The molecule has 2 saturated heterocycles. The molecule has 8 nitrogen and oxygen atoms in total. The van der Waals surface area contributed by atoms with E-state index in [1.54, 1.807) is 4.90 Å². The summed E-state index contributed by atoms with van der Waals surface area (Å²) in [6.45, 7) is 1.80. The Morgan fingerprint density at radius 3 is 2.81 bits per heavy atom. The highest BCUT2D eigenvalue weighted by atomic mass is 32.2. The van der Waals surface area contributed by atoms with Crippen LogP contribution < -0.4 is 10.9 Å². The molecule has 0 saturated carbocycles. The van der Waals surface area contributed by atoms with Crippen molar-refractivity contribution >= 4 is 17.7 Å². The fourth-order valence-corrected chi connectivity index (χ4v) is 6.84. The number of fused-ring (bicyclic) bond motifs is 5. The van der Waals surface area contributed by atoms with Crippen molar-refractivity contribution < 1.29 is 23.4 Å². The number of piperazine rings is 1. The SMILES string of the molecule is O=C1c2c(O)c(=O)cc(-c3cc(F)c(F)c4c3Cc3ccccc3SC4)n2N[C@@H]2CN3COCC3CN12. The van der Waals surface area contributed by atoms with Gasteiger partial charge in [-0.25, -0.2) is 13.5 Å². The van der Waals surface area contributed by atoms with Gasteiger partial charge >= 0.3 is 0 Å². The van der Waals surface area contributed by atoms with E-state index >= 15 is 4.39 Å². The minimum Gasteiger partial charge on any atom is -0.502 e. The van der Waals surface area contributed by atoms with Gasteiger partial charge in [-0.05, 0) is 29.7 Å². The largest absolute Gasteiger partial charge is 0.502 e. The summed E-state index contributed by atoms with van der Waals surface area (Å²) >= 11 is 1.43. The van der Waals surface area contributed by atoms with E-state index in [0.717, 1.165) is 16.5 Å². The number of pyridine rings is 1. The molecule has 11 heteroatoms. The number of amides is 1. The third kappa shape index (κ3) is 3.41. The van der Waals surface area contributed by atoms with E-state index in [0.29, 0.717) is 44.0 Å². The van der Waals surface area contributed by atoms with Crippen LogP contribution in [0, 0.1) is 11.6 Å². The number of thioether (sulfide) groups is 1. The molecule has 2 atom stereocenters. The molecular weight excluding hydrogens is 502 g/mol. The van der Waals surface area contributed by atoms with Crippen molar-refractivity contribution in [1.82, 2.24) is 14.5 Å². The number of ether oxygens (including phenoxy) is 1. The van der Waals surface area contributed by atoms with Crippen molar-refractivity contribution in [2.24, 2.45) is 0 Å². The van der Waals surface area contributed by atoms with E-state index in [2.05, 4.69) is 10.3 Å². The molecule has 0 spiro atoms. The van der Waals surface area contributed by atoms with Crippen molar-refractivity contribution in [2.45, 2.75) is 29.3 Å². The lowest BCUT2D eigenvalue weighted by Gasteiger charge is -2.46. The number of aromatic hydroxyl groups is 1. The van der Waals surface area contributed by atoms with E-state index in [4.69, 9.17) is 4.74 Å². The van der Waals surface area contributed by atoms with E-state index in [1.807, 2.05) is 24.3 Å². The summed E-state index contributed by atoms with van der Waals surface area (Å²) in [6.07, 6.45) is -0.134. The molecule has 1 unspecified atom stereocenters. The van der Waals surface area contributed by atoms with Crippen LogP contribution in [0.4, 0.5) is 8.78 Å². The predicted octanol–water partition coefficient (Wildman–Crippen LogP) is 2.69. The average Bonchev–Trinajstić information content (AvgIpc) is 3.26. The number of hydrogen-bond acceptors (Lipinski definition) is 7. The quantitative estimate of drug-likeness (QED) is 0.506. The molecule has 7 rings (SSSR count). The number of nitrogens with zero attached hydrogens (tertiary/aromatic N) is 3. The highest BCUT2D eigenvalue weighted by molar-refractivity contribution is 7.98. The lowest BCUT2D eigenvalue weighted by atomic mass is 9.92. The average molecular weight is 525 g/mol. The number of aromatic nitrogens is 1. The zero-order chi connectivity index (χ0) is 25.4. The molecule has 5 heterocycles. The number of carbonyl (C=O) groups excluding carboxylic acids is 1. The van der Waals surface area contributed by atoms with Gasteiger partial charge in [-0.15, -0.1) is 11.8 Å². The Labute approximate surface area is 214 Å². The maximum absolute atomic E-state index is 15.1. The third-order valence-electron chi connectivity index (χ3n) is 7.63. The van der Waals surface area contributed by atoms with Gasteiger partial charge in [-0.3, -0.25) is 14.5 Å². The highest BCUT2D eigenvalue weighted by Gasteiger charge is 2.44. The topological polar surface area (TPSA) is 87.0 Å². The number of carbonyl (C=O) groups is 1. The Kier molecular flexibility index (Phi) is 5.11. The van der Waals surface area contributed by atoms with Gasteiger partial charge < -0.3 is 20.2 Å². The Hall–Kier alpha value is -3.41. The maximum atomic E-state index is 15.1. The van der Waals surface area contributed by atoms with E-state index < -0.39 is 34.9 Å². The lowest BCUT2D eigenvalue weighted by Crippen LogP contribution is -2.65. The van der Waals surface area contributed by atoms with Crippen LogP contribution in [0.1, 0.15) is 27.2 Å². The second-order valence-corrected chi connectivity index (χ2v) is 10.7. The number of nitrogens with one attached hydrogen (secondary N) is 1. The lowest BCUT2D eigenvalue weighted by molar-refractivity contribution is 0.0303. The number of benzene rings is 2. The monoisotopic (exact) mass is 524 g/mol. The van der Waals surface area contributed by atoms with Crippen LogP contribution >= 0.6 is 11.8 Å². The summed E-state index contributed by atoms with van der Waals surface area (Å²) in [5.74, 6) is -2.91. The minimum atomic E-state index is -1.03. The minimum absolute atomic E-state index is 0.0325. The van der Waals surface area contributed by atoms with E-state index in [-0.39, 0.29) is 28.7 Å². The molecule has 2 fully saturated rings. The van der Waals surface area contributed by atoms with Gasteiger partial charge in [0.05, 0.1) is 25.1 Å². The van der Waals surface area contributed by atoms with Gasteiger partial charge in [0.25, 0.3) is 5.91 Å². The molecule has 37 heavy (non-hydrogen) atoms. The van der Waals surface area contributed by atoms with Crippen LogP contribution in [0.5, 0.6) is 5.75 Å². The number of rotatable bonds is 1. The van der Waals surface area contributed by atoms with Crippen molar-refractivity contribution in [3.05, 3.63) is 80.6 Å². The van der Waals surface area contributed by atoms with Crippen LogP contribution in [-0.4, -0.2) is 64.1 Å². The smallest absolute Gasteiger partial charge is 0.278 e. The molecule has 3 aromatic rings. The Morgan fingerprint density at radius 2 is 1.95 bits per heavy atom. The zero-order valence-corrected chi connectivity index (χ0v) is 20.4. The molecule has 4 aliphatic heterocycles. The van der Waals surface area contributed by atoms with Gasteiger partial charge in [0.15, 0.2) is 23.1 Å². The molecule has 2 N–H and O–H groups in total. The maximum Gasteiger partial charge on any atom is 0.278 e. The van der Waals surface area contributed by atoms with Crippen LogP contribution in [0.2, 0.25) is 0 Å². The fraction of sp³-hybridized carbons (Fsp3) is 0.308. The summed E-state index contributed by atoms with van der Waals surface area (Å²) in [5.41, 5.74) is 4.51. The van der Waals surface area contributed by atoms with Crippen molar-refractivity contribution in [3.8, 4) is 17.0 Å². The normalized spacial score (nSPS) is 22.3. The van der Waals surface area contributed by atoms with Crippen molar-refractivity contribution in [3.63, 3.8) is 0 Å². The summed E-state index contributed by atoms with van der Waals surface area (Å²) in [7, 11) is 0. The highest BCUT2D eigenvalue weighted by Crippen LogP contribution is 2.41. The standard InChI is InChI=1S/C26H22F2N4O4S/c27-18-6-16(15-5-13-3-1-2-4-21(13)37-11-17(15)23(18)28)19-7-20(33)25(34)24-26(35)31-8-14-10-36-12-30(14)9-22(31)29-32(19)24/h1-4,6-7,14,22,29,34H,5,8-12H2/t14?,22-/m0/s1. The van der Waals surface area contributed by atoms with Gasteiger partial charge in [-0.1, -0.05) is 18.2 Å². The Balaban J connectivity index is 1.43. The molecule has 2 aromatic carbocycles. The molecule has 190 valence electrons. The summed E-state index contributed by atoms with van der Waals surface area (Å²) in [6, 6.07) is 9.97. The molecular formula is C26H22F2N4O4S. The molecule has 1 aromatic heterocycles. The molecule has 4 aliphatic rings. The summed E-state index contributed by atoms with van der Waals surface area (Å²) in [5, 5.41) is 10.7. The fourth-order valence-electron chi connectivity index (χ4n) is 5.74. The Bertz CT molecular complexity index is 1540. The number of halogens is 2.